The maximum atomic E-state index is 16.0. The van der Waals surface area contributed by atoms with Crippen molar-refractivity contribution >= 4 is 11.9 Å². The molecule has 41 heavy (non-hydrogen) atoms. The van der Waals surface area contributed by atoms with E-state index in [9.17, 15) is 14.7 Å². The second-order valence-corrected chi connectivity index (χ2v) is 10.6. The number of amides is 1. The minimum Gasteiger partial charge on any atom is -0.478 e. The monoisotopic (exact) mass is 558 g/mol. The standard InChI is InChI=1S/C30H31FN6O4/c1-3-41-17-20-9-6-12-36(20)29(38)22-11-5-10-21(27(22)31)18-7-4-8-19(13-18)37-28(25(15-32-37)30(39)40)24-14-23(24)26-16-35(2)34-33-26/h4-5,7-8,10-11,13,15-16,20,23-24H,3,6,9,12,14,17H2,1-2H3,(H,39,40)/t20-,23-,24-/m1/s1. The number of aromatic carboxylic acids is 1. The molecule has 1 aliphatic carbocycles. The van der Waals surface area contributed by atoms with E-state index in [2.05, 4.69) is 15.4 Å². The van der Waals surface area contributed by atoms with Gasteiger partial charge < -0.3 is 14.7 Å². The van der Waals surface area contributed by atoms with E-state index >= 15 is 4.39 Å². The van der Waals surface area contributed by atoms with Gasteiger partial charge in [0.05, 0.1) is 41.5 Å². The molecule has 4 aromatic rings. The average molecular weight is 559 g/mol. The molecule has 2 aromatic carbocycles. The van der Waals surface area contributed by atoms with Crippen LogP contribution in [0.15, 0.2) is 54.9 Å². The first-order valence-electron chi connectivity index (χ1n) is 13.8. The number of hydrogen-bond donors (Lipinski definition) is 1. The lowest BCUT2D eigenvalue weighted by molar-refractivity contribution is 0.0560. The van der Waals surface area contributed by atoms with Crippen LogP contribution in [-0.2, 0) is 11.8 Å². The third-order valence-corrected chi connectivity index (χ3v) is 7.96. The molecular formula is C30H31FN6O4. The van der Waals surface area contributed by atoms with Crippen molar-refractivity contribution in [3.8, 4) is 16.8 Å². The van der Waals surface area contributed by atoms with E-state index in [-0.39, 0.29) is 40.5 Å². The molecule has 2 fully saturated rings. The van der Waals surface area contributed by atoms with Crippen molar-refractivity contribution in [1.82, 2.24) is 29.7 Å². The molecule has 2 aliphatic rings. The van der Waals surface area contributed by atoms with E-state index in [0.717, 1.165) is 25.0 Å². The summed E-state index contributed by atoms with van der Waals surface area (Å²) in [5.41, 5.74) is 2.97. The molecule has 0 bridgehead atoms. The predicted octanol–water partition coefficient (Wildman–Crippen LogP) is 4.42. The van der Waals surface area contributed by atoms with Crippen molar-refractivity contribution in [2.75, 3.05) is 19.8 Å². The molecule has 6 rings (SSSR count). The summed E-state index contributed by atoms with van der Waals surface area (Å²) in [5, 5.41) is 22.5. The van der Waals surface area contributed by atoms with E-state index in [1.807, 2.05) is 13.1 Å². The molecule has 1 N–H and O–H groups in total. The van der Waals surface area contributed by atoms with Gasteiger partial charge in [0.25, 0.3) is 5.91 Å². The average Bonchev–Trinajstić information content (AvgIpc) is 3.30. The second kappa shape index (κ2) is 10.9. The molecule has 212 valence electrons. The third-order valence-electron chi connectivity index (χ3n) is 7.96. The third kappa shape index (κ3) is 5.01. The van der Waals surface area contributed by atoms with Crippen molar-refractivity contribution < 1.29 is 23.8 Å². The first kappa shape index (κ1) is 26.8. The Kier molecular flexibility index (Phi) is 7.12. The zero-order valence-electron chi connectivity index (χ0n) is 22.9. The number of carbonyl (C=O) groups is 2. The summed E-state index contributed by atoms with van der Waals surface area (Å²) >= 11 is 0. The molecule has 0 radical (unpaired) electrons. The quantitative estimate of drug-likeness (QED) is 0.323. The van der Waals surface area contributed by atoms with Gasteiger partial charge in [0.15, 0.2) is 0 Å². The number of carboxylic acid groups (broad SMARTS) is 1. The van der Waals surface area contributed by atoms with Gasteiger partial charge >= 0.3 is 5.97 Å². The fourth-order valence-electron chi connectivity index (χ4n) is 5.85. The van der Waals surface area contributed by atoms with Gasteiger partial charge in [-0.15, -0.1) is 5.10 Å². The van der Waals surface area contributed by atoms with Crippen molar-refractivity contribution in [2.45, 2.75) is 44.1 Å². The summed E-state index contributed by atoms with van der Waals surface area (Å²) < 4.78 is 24.7. The van der Waals surface area contributed by atoms with Gasteiger partial charge in [0.2, 0.25) is 0 Å². The lowest BCUT2D eigenvalue weighted by Crippen LogP contribution is -2.38. The van der Waals surface area contributed by atoms with Gasteiger partial charge in [-0.3, -0.25) is 9.48 Å². The Morgan fingerprint density at radius 2 is 1.98 bits per heavy atom. The number of likely N-dealkylation sites (tertiary alicyclic amines) is 1. The minimum absolute atomic E-state index is 0.0223. The number of rotatable bonds is 9. The fraction of sp³-hybridized carbons (Fsp3) is 0.367. The van der Waals surface area contributed by atoms with Gasteiger partial charge in [-0.1, -0.05) is 29.5 Å². The summed E-state index contributed by atoms with van der Waals surface area (Å²) in [7, 11) is 1.79. The van der Waals surface area contributed by atoms with E-state index in [4.69, 9.17) is 4.74 Å². The minimum atomic E-state index is -1.06. The molecule has 2 aromatic heterocycles. The molecule has 0 unspecified atom stereocenters. The van der Waals surface area contributed by atoms with E-state index in [1.165, 1.54) is 12.3 Å². The number of benzene rings is 2. The Hall–Kier alpha value is -4.38. The molecular weight excluding hydrogens is 527 g/mol. The fourth-order valence-corrected chi connectivity index (χ4v) is 5.85. The molecule has 1 saturated heterocycles. The Morgan fingerprint density at radius 3 is 2.73 bits per heavy atom. The van der Waals surface area contributed by atoms with E-state index in [1.54, 1.807) is 57.7 Å². The SMILES string of the molecule is CCOC[C@H]1CCCN1C(=O)c1cccc(-c2cccc(-n3ncc(C(=O)O)c3[C@@H]3C[C@H]3c3cn(C)nn3)c2)c1F. The van der Waals surface area contributed by atoms with Crippen molar-refractivity contribution in [3.63, 3.8) is 0 Å². The lowest BCUT2D eigenvalue weighted by atomic mass is 10.0. The maximum Gasteiger partial charge on any atom is 0.339 e. The van der Waals surface area contributed by atoms with Crippen LogP contribution in [0.2, 0.25) is 0 Å². The summed E-state index contributed by atoms with van der Waals surface area (Å²) in [6, 6.07) is 11.9. The Balaban J connectivity index is 1.32. The first-order valence-corrected chi connectivity index (χ1v) is 13.8. The van der Waals surface area contributed by atoms with Crippen LogP contribution in [0.1, 0.15) is 70.1 Å². The summed E-state index contributed by atoms with van der Waals surface area (Å²) in [4.78, 5) is 27.2. The number of ether oxygens (including phenoxy) is 1. The zero-order valence-corrected chi connectivity index (χ0v) is 22.9. The van der Waals surface area contributed by atoms with Gasteiger partial charge in [-0.05, 0) is 49.9 Å². The van der Waals surface area contributed by atoms with Crippen LogP contribution < -0.4 is 0 Å². The number of carboxylic acids is 1. The number of carbonyl (C=O) groups excluding carboxylic acids is 1. The highest BCUT2D eigenvalue weighted by atomic mass is 19.1. The van der Waals surface area contributed by atoms with Crippen molar-refractivity contribution in [2.24, 2.45) is 7.05 Å². The smallest absolute Gasteiger partial charge is 0.339 e. The Labute approximate surface area is 236 Å². The molecule has 11 heteroatoms. The van der Waals surface area contributed by atoms with Gasteiger partial charge in [0.1, 0.15) is 11.4 Å². The van der Waals surface area contributed by atoms with Crippen molar-refractivity contribution in [3.05, 3.63) is 83.2 Å². The summed E-state index contributed by atoms with van der Waals surface area (Å²) in [5.74, 6) is -2.04. The van der Waals surface area contributed by atoms with Crippen LogP contribution in [0.5, 0.6) is 0 Å². The normalized spacial score (nSPS) is 20.0. The predicted molar refractivity (Wildman–Crippen MR) is 148 cm³/mol. The Morgan fingerprint density at radius 1 is 1.15 bits per heavy atom. The number of aromatic nitrogens is 5. The summed E-state index contributed by atoms with van der Waals surface area (Å²) in [6.45, 7) is 3.48. The molecule has 1 amide bonds. The van der Waals surface area contributed by atoms with Crippen LogP contribution in [0.25, 0.3) is 16.8 Å². The van der Waals surface area contributed by atoms with Crippen LogP contribution in [0.4, 0.5) is 4.39 Å². The van der Waals surface area contributed by atoms with Gasteiger partial charge in [0, 0.05) is 43.8 Å². The molecule has 3 heterocycles. The van der Waals surface area contributed by atoms with E-state index < -0.39 is 11.8 Å². The van der Waals surface area contributed by atoms with Crippen LogP contribution in [-0.4, -0.2) is 72.5 Å². The highest BCUT2D eigenvalue weighted by molar-refractivity contribution is 5.96. The summed E-state index contributed by atoms with van der Waals surface area (Å²) in [6.07, 6.45) is 5.61. The molecule has 0 spiro atoms. The topological polar surface area (TPSA) is 115 Å². The lowest BCUT2D eigenvalue weighted by Gasteiger charge is -2.25. The van der Waals surface area contributed by atoms with E-state index in [0.29, 0.717) is 36.7 Å². The van der Waals surface area contributed by atoms with Crippen LogP contribution >= 0.6 is 0 Å². The maximum absolute atomic E-state index is 16.0. The first-order chi connectivity index (χ1) is 19.9. The molecule has 1 saturated carbocycles. The zero-order chi connectivity index (χ0) is 28.7. The van der Waals surface area contributed by atoms with Crippen LogP contribution in [0, 0.1) is 5.82 Å². The largest absolute Gasteiger partial charge is 0.478 e. The molecule has 3 atom stereocenters. The Bertz CT molecular complexity index is 1610. The number of halogens is 1. The molecule has 1 aliphatic heterocycles. The van der Waals surface area contributed by atoms with Gasteiger partial charge in [-0.25, -0.2) is 13.9 Å². The number of nitrogens with zero attached hydrogens (tertiary/aromatic N) is 6. The van der Waals surface area contributed by atoms with Gasteiger partial charge in [-0.2, -0.15) is 5.10 Å². The highest BCUT2D eigenvalue weighted by Gasteiger charge is 2.46. The number of aryl methyl sites for hydroxylation is 1. The molecule has 10 nitrogen and oxygen atoms in total. The van der Waals surface area contributed by atoms with Crippen molar-refractivity contribution in [1.29, 1.82) is 0 Å². The second-order valence-electron chi connectivity index (χ2n) is 10.6. The highest BCUT2D eigenvalue weighted by Crippen LogP contribution is 2.55. The number of hydrogen-bond acceptors (Lipinski definition) is 6. The van der Waals surface area contributed by atoms with Crippen LogP contribution in [0.3, 0.4) is 0 Å².